The molecule has 19 heavy (non-hydrogen) atoms. The number of hydrogen-bond acceptors (Lipinski definition) is 3. The molecule has 4 heteroatoms. The van der Waals surface area contributed by atoms with Gasteiger partial charge in [-0.05, 0) is 59.8 Å². The van der Waals surface area contributed by atoms with Crippen LogP contribution in [-0.2, 0) is 6.42 Å². The molecule has 0 fully saturated rings. The zero-order valence-electron chi connectivity index (χ0n) is 12.2. The Hall–Kier alpha value is -0.740. The molecule has 0 bridgehead atoms. The third-order valence-corrected chi connectivity index (χ3v) is 3.08. The van der Waals surface area contributed by atoms with E-state index in [0.29, 0.717) is 19.1 Å². The normalized spacial score (nSPS) is 12.6. The molecule has 0 aliphatic carbocycles. The van der Waals surface area contributed by atoms with E-state index in [9.17, 15) is 0 Å². The van der Waals surface area contributed by atoms with Gasteiger partial charge < -0.3 is 15.2 Å². The lowest BCUT2D eigenvalue weighted by atomic mass is 10.1. The van der Waals surface area contributed by atoms with Gasteiger partial charge in [0.2, 0.25) is 0 Å². The Balaban J connectivity index is 3.00. The Labute approximate surface area is 124 Å². The summed E-state index contributed by atoms with van der Waals surface area (Å²) in [6.45, 7) is 9.50. The zero-order chi connectivity index (χ0) is 14.4. The first-order valence-electron chi connectivity index (χ1n) is 6.77. The highest BCUT2D eigenvalue weighted by Gasteiger charge is 2.13. The average Bonchev–Trinajstić information content (AvgIpc) is 2.26. The smallest absolute Gasteiger partial charge is 0.175 e. The number of rotatable bonds is 7. The van der Waals surface area contributed by atoms with Crippen molar-refractivity contribution < 1.29 is 9.47 Å². The van der Waals surface area contributed by atoms with Crippen LogP contribution in [0.5, 0.6) is 11.5 Å². The minimum atomic E-state index is 0.129. The van der Waals surface area contributed by atoms with Crippen molar-refractivity contribution >= 4 is 15.9 Å². The van der Waals surface area contributed by atoms with Crippen molar-refractivity contribution in [2.75, 3.05) is 13.2 Å². The van der Waals surface area contributed by atoms with E-state index in [4.69, 9.17) is 15.2 Å². The second kappa shape index (κ2) is 7.75. The highest BCUT2D eigenvalue weighted by Crippen LogP contribution is 2.37. The van der Waals surface area contributed by atoms with Gasteiger partial charge in [0.25, 0.3) is 0 Å². The molecule has 0 saturated carbocycles. The van der Waals surface area contributed by atoms with Gasteiger partial charge in [-0.15, -0.1) is 0 Å². The van der Waals surface area contributed by atoms with Gasteiger partial charge in [0.05, 0.1) is 17.7 Å². The van der Waals surface area contributed by atoms with Gasteiger partial charge in [-0.1, -0.05) is 13.8 Å². The third kappa shape index (κ3) is 5.41. The van der Waals surface area contributed by atoms with E-state index in [0.717, 1.165) is 28.0 Å². The molecular weight excluding hydrogens is 306 g/mol. The number of benzene rings is 1. The maximum absolute atomic E-state index is 5.85. The quantitative estimate of drug-likeness (QED) is 0.828. The average molecular weight is 330 g/mol. The first-order valence-corrected chi connectivity index (χ1v) is 7.56. The summed E-state index contributed by atoms with van der Waals surface area (Å²) >= 11 is 3.56. The molecule has 1 aromatic carbocycles. The number of hydrogen-bond donors (Lipinski definition) is 1. The van der Waals surface area contributed by atoms with Crippen LogP contribution >= 0.6 is 15.9 Å². The molecule has 0 heterocycles. The minimum absolute atomic E-state index is 0.129. The number of ether oxygens (including phenoxy) is 2. The summed E-state index contributed by atoms with van der Waals surface area (Å²) in [5.41, 5.74) is 7.00. The monoisotopic (exact) mass is 329 g/mol. The van der Waals surface area contributed by atoms with Gasteiger partial charge in [0.1, 0.15) is 0 Å². The summed E-state index contributed by atoms with van der Waals surface area (Å²) < 4.78 is 12.4. The molecule has 3 nitrogen and oxygen atoms in total. The molecule has 1 rings (SSSR count). The van der Waals surface area contributed by atoms with E-state index in [2.05, 4.69) is 35.8 Å². The van der Waals surface area contributed by atoms with Crippen LogP contribution in [0.1, 0.15) is 33.3 Å². The molecule has 108 valence electrons. The lowest BCUT2D eigenvalue weighted by molar-refractivity contribution is 0.246. The van der Waals surface area contributed by atoms with E-state index in [1.54, 1.807) is 0 Å². The second-order valence-electron chi connectivity index (χ2n) is 5.22. The van der Waals surface area contributed by atoms with Gasteiger partial charge in [0.15, 0.2) is 11.5 Å². The van der Waals surface area contributed by atoms with E-state index in [1.807, 2.05) is 19.9 Å². The largest absolute Gasteiger partial charge is 0.490 e. The van der Waals surface area contributed by atoms with Crippen LogP contribution in [0.15, 0.2) is 16.6 Å². The molecule has 0 aromatic heterocycles. The lowest BCUT2D eigenvalue weighted by Gasteiger charge is -2.17. The Kier molecular flexibility index (Phi) is 6.66. The Bertz CT molecular complexity index is 405. The molecule has 0 amide bonds. The number of nitrogens with two attached hydrogens (primary N) is 1. The SMILES string of the molecule is CCOc1cc(CC(C)N)cc(Br)c1OCC(C)C. The first kappa shape index (κ1) is 16.3. The summed E-state index contributed by atoms with van der Waals surface area (Å²) in [7, 11) is 0. The van der Waals surface area contributed by atoms with Gasteiger partial charge in [0, 0.05) is 6.04 Å². The highest BCUT2D eigenvalue weighted by molar-refractivity contribution is 9.10. The number of halogens is 1. The summed E-state index contributed by atoms with van der Waals surface area (Å²) in [5, 5.41) is 0. The highest BCUT2D eigenvalue weighted by atomic mass is 79.9. The van der Waals surface area contributed by atoms with Crippen LogP contribution in [0.4, 0.5) is 0 Å². The molecule has 0 radical (unpaired) electrons. The molecule has 1 atom stereocenters. The fraction of sp³-hybridized carbons (Fsp3) is 0.600. The van der Waals surface area contributed by atoms with Gasteiger partial charge in [-0.25, -0.2) is 0 Å². The Morgan fingerprint density at radius 2 is 1.89 bits per heavy atom. The van der Waals surface area contributed by atoms with Crippen molar-refractivity contribution in [2.45, 2.75) is 40.2 Å². The standard InChI is InChI=1S/C15H24BrNO2/c1-5-18-14-8-12(6-11(4)17)7-13(16)15(14)19-9-10(2)3/h7-8,10-11H,5-6,9,17H2,1-4H3. The molecule has 0 saturated heterocycles. The summed E-state index contributed by atoms with van der Waals surface area (Å²) in [4.78, 5) is 0. The van der Waals surface area contributed by atoms with Gasteiger partial charge in [-0.2, -0.15) is 0 Å². The van der Waals surface area contributed by atoms with Crippen LogP contribution in [0.2, 0.25) is 0 Å². The van der Waals surface area contributed by atoms with E-state index in [-0.39, 0.29) is 6.04 Å². The van der Waals surface area contributed by atoms with E-state index >= 15 is 0 Å². The Morgan fingerprint density at radius 1 is 1.21 bits per heavy atom. The van der Waals surface area contributed by atoms with Gasteiger partial charge >= 0.3 is 0 Å². The van der Waals surface area contributed by atoms with E-state index in [1.165, 1.54) is 0 Å². The van der Waals surface area contributed by atoms with Crippen LogP contribution < -0.4 is 15.2 Å². The first-order chi connectivity index (χ1) is 8.93. The summed E-state index contributed by atoms with van der Waals surface area (Å²) in [6, 6.07) is 4.21. The molecule has 1 aromatic rings. The topological polar surface area (TPSA) is 44.5 Å². The summed E-state index contributed by atoms with van der Waals surface area (Å²) in [5.74, 6) is 2.04. The fourth-order valence-electron chi connectivity index (χ4n) is 1.76. The van der Waals surface area contributed by atoms with Crippen molar-refractivity contribution in [1.29, 1.82) is 0 Å². The van der Waals surface area contributed by atoms with Crippen molar-refractivity contribution in [3.63, 3.8) is 0 Å². The van der Waals surface area contributed by atoms with Gasteiger partial charge in [-0.3, -0.25) is 0 Å². The third-order valence-electron chi connectivity index (χ3n) is 2.49. The zero-order valence-corrected chi connectivity index (χ0v) is 13.8. The molecule has 0 aliphatic rings. The molecule has 0 aliphatic heterocycles. The fourth-order valence-corrected chi connectivity index (χ4v) is 2.37. The summed E-state index contributed by atoms with van der Waals surface area (Å²) in [6.07, 6.45) is 0.823. The van der Waals surface area contributed by atoms with E-state index < -0.39 is 0 Å². The molecular formula is C15H24BrNO2. The van der Waals surface area contributed by atoms with Crippen LogP contribution in [0.25, 0.3) is 0 Å². The predicted octanol–water partition coefficient (Wildman–Crippen LogP) is 3.77. The maximum atomic E-state index is 5.85. The Morgan fingerprint density at radius 3 is 2.42 bits per heavy atom. The molecule has 0 spiro atoms. The lowest BCUT2D eigenvalue weighted by Crippen LogP contribution is -2.18. The van der Waals surface area contributed by atoms with Crippen LogP contribution in [-0.4, -0.2) is 19.3 Å². The van der Waals surface area contributed by atoms with Crippen LogP contribution in [0, 0.1) is 5.92 Å². The van der Waals surface area contributed by atoms with Crippen molar-refractivity contribution in [3.8, 4) is 11.5 Å². The van der Waals surface area contributed by atoms with Crippen LogP contribution in [0.3, 0.4) is 0 Å². The van der Waals surface area contributed by atoms with Crippen molar-refractivity contribution in [2.24, 2.45) is 11.7 Å². The molecule has 1 unspecified atom stereocenters. The van der Waals surface area contributed by atoms with Crippen molar-refractivity contribution in [1.82, 2.24) is 0 Å². The minimum Gasteiger partial charge on any atom is -0.490 e. The second-order valence-corrected chi connectivity index (χ2v) is 6.08. The molecule has 2 N–H and O–H groups in total. The maximum Gasteiger partial charge on any atom is 0.175 e. The van der Waals surface area contributed by atoms with Crippen molar-refractivity contribution in [3.05, 3.63) is 22.2 Å². The predicted molar refractivity (Wildman–Crippen MR) is 83.0 cm³/mol.